The summed E-state index contributed by atoms with van der Waals surface area (Å²) in [6, 6.07) is 11.0. The maximum atomic E-state index is 11.8. The summed E-state index contributed by atoms with van der Waals surface area (Å²) >= 11 is 1.18. The number of thiophene rings is 1. The molecule has 0 unspecified atom stereocenters. The van der Waals surface area contributed by atoms with Crippen LogP contribution in [-0.4, -0.2) is 25.1 Å². The van der Waals surface area contributed by atoms with Crippen LogP contribution in [0.15, 0.2) is 36.4 Å². The lowest BCUT2D eigenvalue weighted by Gasteiger charge is -2.07. The number of benzene rings is 1. The van der Waals surface area contributed by atoms with Gasteiger partial charge in [0.05, 0.1) is 5.00 Å². The Balaban J connectivity index is 1.75. The monoisotopic (exact) mass is 319 g/mol. The Morgan fingerprint density at radius 2 is 2.00 bits per heavy atom. The number of ether oxygens (including phenoxy) is 2. The molecule has 0 bridgehead atoms. The summed E-state index contributed by atoms with van der Waals surface area (Å²) < 4.78 is 10.6. The fourth-order valence-corrected chi connectivity index (χ4v) is 2.60. The van der Waals surface area contributed by atoms with Gasteiger partial charge in [-0.15, -0.1) is 11.3 Å². The number of rotatable bonds is 6. The van der Waals surface area contributed by atoms with Crippen molar-refractivity contribution < 1.29 is 19.1 Å². The Morgan fingerprint density at radius 1 is 1.18 bits per heavy atom. The van der Waals surface area contributed by atoms with Crippen molar-refractivity contribution in [1.82, 2.24) is 0 Å². The third-order valence-electron chi connectivity index (χ3n) is 2.68. The van der Waals surface area contributed by atoms with E-state index in [1.165, 1.54) is 18.3 Å². The van der Waals surface area contributed by atoms with Gasteiger partial charge in [-0.3, -0.25) is 4.79 Å². The maximum Gasteiger partial charge on any atom is 0.348 e. The first-order chi connectivity index (χ1) is 10.5. The molecule has 22 heavy (non-hydrogen) atoms. The van der Waals surface area contributed by atoms with Crippen molar-refractivity contribution in [2.75, 3.05) is 18.5 Å². The first-order valence-corrected chi connectivity index (χ1v) is 7.60. The van der Waals surface area contributed by atoms with Gasteiger partial charge in [0, 0.05) is 6.92 Å². The minimum Gasteiger partial charge on any atom is -0.490 e. The van der Waals surface area contributed by atoms with Crippen molar-refractivity contribution in [3.8, 4) is 5.75 Å². The molecule has 1 aromatic carbocycles. The third kappa shape index (κ3) is 4.89. The SMILES string of the molecule is CC(=O)Nc1ccc(C(=O)OCCOc2cccc(C)c2)s1. The van der Waals surface area contributed by atoms with Gasteiger partial charge in [-0.2, -0.15) is 0 Å². The molecule has 0 atom stereocenters. The van der Waals surface area contributed by atoms with Crippen molar-refractivity contribution in [3.05, 3.63) is 46.8 Å². The molecule has 0 spiro atoms. The van der Waals surface area contributed by atoms with Crippen molar-refractivity contribution in [2.45, 2.75) is 13.8 Å². The summed E-state index contributed by atoms with van der Waals surface area (Å²) in [5.74, 6) is 0.155. The highest BCUT2D eigenvalue weighted by Crippen LogP contribution is 2.22. The van der Waals surface area contributed by atoms with Crippen LogP contribution >= 0.6 is 11.3 Å². The number of aryl methyl sites for hydroxylation is 1. The number of amides is 1. The first-order valence-electron chi connectivity index (χ1n) is 6.78. The fraction of sp³-hybridized carbons (Fsp3) is 0.250. The van der Waals surface area contributed by atoms with E-state index in [4.69, 9.17) is 9.47 Å². The molecular formula is C16H17NO4S. The van der Waals surface area contributed by atoms with Gasteiger partial charge in [-0.25, -0.2) is 4.79 Å². The van der Waals surface area contributed by atoms with Crippen molar-refractivity contribution in [2.24, 2.45) is 0 Å². The number of hydrogen-bond donors (Lipinski definition) is 1. The second-order valence-electron chi connectivity index (χ2n) is 4.65. The van der Waals surface area contributed by atoms with Gasteiger partial charge < -0.3 is 14.8 Å². The quantitative estimate of drug-likeness (QED) is 0.656. The molecule has 2 aromatic rings. The molecule has 0 aliphatic rings. The summed E-state index contributed by atoms with van der Waals surface area (Å²) in [6.45, 7) is 3.86. The summed E-state index contributed by atoms with van der Waals surface area (Å²) in [7, 11) is 0. The van der Waals surface area contributed by atoms with Crippen LogP contribution in [0.3, 0.4) is 0 Å². The number of esters is 1. The predicted octanol–water partition coefficient (Wildman–Crippen LogP) is 3.25. The third-order valence-corrected chi connectivity index (χ3v) is 3.66. The minimum absolute atomic E-state index is 0.167. The van der Waals surface area contributed by atoms with Crippen LogP contribution in [0.4, 0.5) is 5.00 Å². The lowest BCUT2D eigenvalue weighted by Crippen LogP contribution is -2.11. The van der Waals surface area contributed by atoms with Gasteiger partial charge in [0.2, 0.25) is 5.91 Å². The van der Waals surface area contributed by atoms with E-state index >= 15 is 0 Å². The molecule has 116 valence electrons. The van der Waals surface area contributed by atoms with E-state index in [-0.39, 0.29) is 12.5 Å². The average molecular weight is 319 g/mol. The van der Waals surface area contributed by atoms with Gasteiger partial charge in [-0.1, -0.05) is 12.1 Å². The van der Waals surface area contributed by atoms with E-state index in [9.17, 15) is 9.59 Å². The highest BCUT2D eigenvalue weighted by Gasteiger charge is 2.11. The van der Waals surface area contributed by atoms with E-state index in [1.54, 1.807) is 12.1 Å². The van der Waals surface area contributed by atoms with E-state index in [1.807, 2.05) is 31.2 Å². The molecule has 1 N–H and O–H groups in total. The van der Waals surface area contributed by atoms with E-state index in [0.717, 1.165) is 11.3 Å². The zero-order valence-corrected chi connectivity index (χ0v) is 13.2. The first kappa shape index (κ1) is 16.0. The van der Waals surface area contributed by atoms with Crippen LogP contribution in [-0.2, 0) is 9.53 Å². The fourth-order valence-electron chi connectivity index (χ4n) is 1.76. The summed E-state index contributed by atoms with van der Waals surface area (Å²) in [6.07, 6.45) is 0. The van der Waals surface area contributed by atoms with E-state index in [0.29, 0.717) is 16.5 Å². The Hall–Kier alpha value is -2.34. The second-order valence-corrected chi connectivity index (χ2v) is 5.73. The largest absolute Gasteiger partial charge is 0.490 e. The van der Waals surface area contributed by atoms with Crippen LogP contribution in [0, 0.1) is 6.92 Å². The molecule has 2 rings (SSSR count). The highest BCUT2D eigenvalue weighted by molar-refractivity contribution is 7.18. The molecule has 0 aliphatic heterocycles. The second kappa shape index (κ2) is 7.61. The number of anilines is 1. The molecule has 1 heterocycles. The number of nitrogens with one attached hydrogen (secondary N) is 1. The zero-order chi connectivity index (χ0) is 15.9. The highest BCUT2D eigenvalue weighted by atomic mass is 32.1. The number of hydrogen-bond acceptors (Lipinski definition) is 5. The molecular weight excluding hydrogens is 302 g/mol. The number of carbonyl (C=O) groups is 2. The van der Waals surface area contributed by atoms with E-state index in [2.05, 4.69) is 5.32 Å². The molecule has 0 radical (unpaired) electrons. The Bertz CT molecular complexity index is 666. The van der Waals surface area contributed by atoms with Crippen molar-refractivity contribution >= 4 is 28.2 Å². The van der Waals surface area contributed by atoms with Gasteiger partial charge in [-0.05, 0) is 36.8 Å². The van der Waals surface area contributed by atoms with Gasteiger partial charge in [0.25, 0.3) is 0 Å². The molecule has 1 amide bonds. The molecule has 0 aliphatic carbocycles. The Morgan fingerprint density at radius 3 is 2.73 bits per heavy atom. The minimum atomic E-state index is -0.422. The zero-order valence-electron chi connectivity index (χ0n) is 12.4. The Labute approximate surface area is 132 Å². The van der Waals surface area contributed by atoms with Gasteiger partial charge in [0.15, 0.2) is 0 Å². The molecule has 5 nitrogen and oxygen atoms in total. The number of carbonyl (C=O) groups excluding carboxylic acids is 2. The average Bonchev–Trinajstić information content (AvgIpc) is 2.91. The summed E-state index contributed by atoms with van der Waals surface area (Å²) in [5, 5.41) is 3.24. The van der Waals surface area contributed by atoms with Crippen LogP contribution < -0.4 is 10.1 Å². The molecule has 0 saturated carbocycles. The van der Waals surface area contributed by atoms with Crippen LogP contribution in [0.25, 0.3) is 0 Å². The molecule has 1 aromatic heterocycles. The Kier molecular flexibility index (Phi) is 5.55. The van der Waals surface area contributed by atoms with E-state index < -0.39 is 5.97 Å². The molecule has 0 fully saturated rings. The topological polar surface area (TPSA) is 64.6 Å². The van der Waals surface area contributed by atoms with Crippen LogP contribution in [0.5, 0.6) is 5.75 Å². The van der Waals surface area contributed by atoms with Gasteiger partial charge in [0.1, 0.15) is 23.8 Å². The van der Waals surface area contributed by atoms with Crippen LogP contribution in [0.2, 0.25) is 0 Å². The predicted molar refractivity (Wildman–Crippen MR) is 85.6 cm³/mol. The van der Waals surface area contributed by atoms with Crippen molar-refractivity contribution in [3.63, 3.8) is 0 Å². The smallest absolute Gasteiger partial charge is 0.348 e. The summed E-state index contributed by atoms with van der Waals surface area (Å²) in [4.78, 5) is 23.2. The summed E-state index contributed by atoms with van der Waals surface area (Å²) in [5.41, 5.74) is 1.11. The molecule has 0 saturated heterocycles. The molecule has 6 heteroatoms. The van der Waals surface area contributed by atoms with Crippen LogP contribution in [0.1, 0.15) is 22.2 Å². The standard InChI is InChI=1S/C16H17NO4S/c1-11-4-3-5-13(10-11)20-8-9-21-16(19)14-6-7-15(22-14)17-12(2)18/h3-7,10H,8-9H2,1-2H3,(H,17,18). The lowest BCUT2D eigenvalue weighted by atomic mass is 10.2. The normalized spacial score (nSPS) is 10.1. The van der Waals surface area contributed by atoms with Gasteiger partial charge >= 0.3 is 5.97 Å². The van der Waals surface area contributed by atoms with Crippen molar-refractivity contribution in [1.29, 1.82) is 0 Å². The maximum absolute atomic E-state index is 11.8. The lowest BCUT2D eigenvalue weighted by molar-refractivity contribution is -0.114.